The van der Waals surface area contributed by atoms with Crippen molar-refractivity contribution in [1.29, 1.82) is 5.26 Å². The summed E-state index contributed by atoms with van der Waals surface area (Å²) in [6, 6.07) is 2.24. The van der Waals surface area contributed by atoms with Gasteiger partial charge < -0.3 is 5.11 Å². The second kappa shape index (κ2) is 2.99. The molecule has 0 aromatic heterocycles. The molecular formula is C11H15NO3S. The first kappa shape index (κ1) is 10.5. The molecule has 0 aromatic carbocycles. The van der Waals surface area contributed by atoms with E-state index in [9.17, 15) is 13.5 Å². The van der Waals surface area contributed by atoms with Gasteiger partial charge >= 0.3 is 0 Å². The molecule has 2 aliphatic carbocycles. The predicted octanol–water partition coefficient (Wildman–Crippen LogP) is 0.189. The highest BCUT2D eigenvalue weighted by Gasteiger charge is 2.63. The highest BCUT2D eigenvalue weighted by Crippen LogP contribution is 2.63. The molecule has 1 N–H and O–H groups in total. The molecule has 3 rings (SSSR count). The van der Waals surface area contributed by atoms with E-state index in [1.165, 1.54) is 0 Å². The Labute approximate surface area is 95.2 Å². The van der Waals surface area contributed by atoms with Crippen LogP contribution in [0.5, 0.6) is 0 Å². The number of rotatable bonds is 1. The smallest absolute Gasteiger partial charge is 0.150 e. The molecular weight excluding hydrogens is 226 g/mol. The Hall–Kier alpha value is -0.600. The van der Waals surface area contributed by atoms with Gasteiger partial charge in [-0.05, 0) is 36.5 Å². The largest absolute Gasteiger partial charge is 0.395 e. The van der Waals surface area contributed by atoms with E-state index in [-0.39, 0.29) is 18.4 Å². The van der Waals surface area contributed by atoms with Crippen molar-refractivity contribution in [3.63, 3.8) is 0 Å². The Morgan fingerprint density at radius 2 is 1.69 bits per heavy atom. The average molecular weight is 241 g/mol. The fourth-order valence-electron chi connectivity index (χ4n) is 4.12. The maximum absolute atomic E-state index is 11.5. The minimum absolute atomic E-state index is 0.0807. The molecule has 1 saturated heterocycles. The Morgan fingerprint density at radius 3 is 2.06 bits per heavy atom. The second-order valence-corrected chi connectivity index (χ2v) is 7.84. The third-order valence-electron chi connectivity index (χ3n) is 4.89. The van der Waals surface area contributed by atoms with E-state index in [1.54, 1.807) is 0 Å². The van der Waals surface area contributed by atoms with Crippen molar-refractivity contribution < 1.29 is 13.5 Å². The lowest BCUT2D eigenvalue weighted by Crippen LogP contribution is -2.42. The van der Waals surface area contributed by atoms with Crippen LogP contribution in [0.2, 0.25) is 0 Å². The van der Waals surface area contributed by atoms with E-state index in [1.807, 2.05) is 0 Å². The van der Waals surface area contributed by atoms with Gasteiger partial charge in [0.15, 0.2) is 9.84 Å². The number of hydrogen-bond acceptors (Lipinski definition) is 4. The number of fused-ring (bicyclic) bond motifs is 4. The fourth-order valence-corrected chi connectivity index (χ4v) is 6.42. The van der Waals surface area contributed by atoms with Gasteiger partial charge in [0, 0.05) is 0 Å². The molecule has 3 fully saturated rings. The third-order valence-corrected chi connectivity index (χ3v) is 6.67. The summed E-state index contributed by atoms with van der Waals surface area (Å²) in [6.45, 7) is -0.0807. The van der Waals surface area contributed by atoms with Gasteiger partial charge in [0.05, 0.1) is 29.6 Å². The zero-order chi connectivity index (χ0) is 11.6. The van der Waals surface area contributed by atoms with E-state index in [2.05, 4.69) is 6.07 Å². The molecule has 0 bridgehead atoms. The molecule has 0 radical (unpaired) electrons. The molecule has 1 aliphatic heterocycles. The zero-order valence-corrected chi connectivity index (χ0v) is 9.78. The summed E-state index contributed by atoms with van der Waals surface area (Å²) in [7, 11) is -2.82. The highest BCUT2D eigenvalue weighted by molar-refractivity contribution is 7.91. The van der Waals surface area contributed by atoms with E-state index < -0.39 is 15.3 Å². The molecule has 5 heteroatoms. The molecule has 2 saturated carbocycles. The van der Waals surface area contributed by atoms with Crippen LogP contribution in [0.3, 0.4) is 0 Å². The maximum Gasteiger partial charge on any atom is 0.150 e. The molecule has 0 amide bonds. The molecule has 1 unspecified atom stereocenters. The monoisotopic (exact) mass is 241 g/mol. The normalized spacial score (nSPS) is 52.5. The topological polar surface area (TPSA) is 78.2 Å². The van der Waals surface area contributed by atoms with E-state index in [4.69, 9.17) is 5.26 Å². The molecule has 3 aliphatic rings. The van der Waals surface area contributed by atoms with Crippen LogP contribution in [0.15, 0.2) is 0 Å². The summed E-state index contributed by atoms with van der Waals surface area (Å²) in [4.78, 5) is 0. The lowest BCUT2D eigenvalue weighted by molar-refractivity contribution is 0.0462. The maximum atomic E-state index is 11.5. The van der Waals surface area contributed by atoms with Crippen molar-refractivity contribution in [1.82, 2.24) is 0 Å². The van der Waals surface area contributed by atoms with Gasteiger partial charge in [0.2, 0.25) is 0 Å². The van der Waals surface area contributed by atoms with Crippen molar-refractivity contribution >= 4 is 9.84 Å². The van der Waals surface area contributed by atoms with Crippen LogP contribution in [0, 0.1) is 40.4 Å². The van der Waals surface area contributed by atoms with Gasteiger partial charge in [0.1, 0.15) is 0 Å². The van der Waals surface area contributed by atoms with Crippen LogP contribution >= 0.6 is 0 Å². The standard InChI is InChI=1S/C11H15NO3S/c12-5-11(6-13)1-7-8(2-11)10-4-16(14,15)3-9(7)10/h7-10,13H,1-4,6H2/t7-,8+,9-,10-,11?/m0/s1. The molecule has 88 valence electrons. The molecule has 4 nitrogen and oxygen atoms in total. The van der Waals surface area contributed by atoms with E-state index >= 15 is 0 Å². The van der Waals surface area contributed by atoms with Crippen molar-refractivity contribution in [2.24, 2.45) is 29.1 Å². The quantitative estimate of drug-likeness (QED) is 0.711. The zero-order valence-electron chi connectivity index (χ0n) is 8.96. The van der Waals surface area contributed by atoms with Crippen LogP contribution in [0.1, 0.15) is 12.8 Å². The minimum atomic E-state index is -2.82. The Morgan fingerprint density at radius 1 is 1.19 bits per heavy atom. The average Bonchev–Trinajstić information content (AvgIpc) is 2.73. The number of aliphatic hydroxyl groups excluding tert-OH is 1. The number of hydrogen-bond donors (Lipinski definition) is 1. The summed E-state index contributed by atoms with van der Waals surface area (Å²) >= 11 is 0. The molecule has 5 atom stereocenters. The summed E-state index contributed by atoms with van der Waals surface area (Å²) in [5.41, 5.74) is -0.580. The van der Waals surface area contributed by atoms with Crippen molar-refractivity contribution in [3.05, 3.63) is 0 Å². The first-order valence-corrected chi connectivity index (χ1v) is 7.55. The number of aliphatic hydroxyl groups is 1. The van der Waals surface area contributed by atoms with E-state index in [0.717, 1.165) is 0 Å². The predicted molar refractivity (Wildman–Crippen MR) is 57.0 cm³/mol. The summed E-state index contributed by atoms with van der Waals surface area (Å²) in [6.07, 6.45) is 1.39. The molecule has 16 heavy (non-hydrogen) atoms. The second-order valence-electron chi connectivity index (χ2n) is 5.69. The van der Waals surface area contributed by atoms with Crippen molar-refractivity contribution in [2.45, 2.75) is 12.8 Å². The first-order chi connectivity index (χ1) is 7.50. The van der Waals surface area contributed by atoms with Gasteiger partial charge in [-0.3, -0.25) is 0 Å². The van der Waals surface area contributed by atoms with Crippen molar-refractivity contribution in [3.8, 4) is 6.07 Å². The summed E-state index contributed by atoms with van der Waals surface area (Å²) in [5.74, 6) is 1.91. The Kier molecular flexibility index (Phi) is 1.97. The van der Waals surface area contributed by atoms with Crippen LogP contribution in [-0.4, -0.2) is 31.6 Å². The van der Waals surface area contributed by atoms with Crippen LogP contribution in [-0.2, 0) is 9.84 Å². The number of nitrogens with zero attached hydrogens (tertiary/aromatic N) is 1. The lowest BCUT2D eigenvalue weighted by Gasteiger charge is -2.43. The third kappa shape index (κ3) is 1.20. The summed E-state index contributed by atoms with van der Waals surface area (Å²) in [5, 5.41) is 18.4. The van der Waals surface area contributed by atoms with Gasteiger partial charge in [0.25, 0.3) is 0 Å². The van der Waals surface area contributed by atoms with Crippen LogP contribution in [0.25, 0.3) is 0 Å². The lowest BCUT2D eigenvalue weighted by atomic mass is 9.60. The molecule has 0 spiro atoms. The Bertz CT molecular complexity index is 438. The van der Waals surface area contributed by atoms with Gasteiger partial charge in [-0.15, -0.1) is 0 Å². The number of sulfone groups is 1. The van der Waals surface area contributed by atoms with Gasteiger partial charge in [-0.2, -0.15) is 5.26 Å². The minimum Gasteiger partial charge on any atom is -0.395 e. The van der Waals surface area contributed by atoms with E-state index in [0.29, 0.717) is 36.2 Å². The number of nitriles is 1. The highest BCUT2D eigenvalue weighted by atomic mass is 32.2. The van der Waals surface area contributed by atoms with Crippen LogP contribution in [0.4, 0.5) is 0 Å². The van der Waals surface area contributed by atoms with Crippen LogP contribution < -0.4 is 0 Å². The first-order valence-electron chi connectivity index (χ1n) is 5.73. The molecule has 1 heterocycles. The SMILES string of the molecule is N#CC1(CO)C[C@@H]2[C@H](C1)[C@@H]1CS(=O)(=O)C[C@@H]21. The van der Waals surface area contributed by atoms with Gasteiger partial charge in [-0.25, -0.2) is 8.42 Å². The van der Waals surface area contributed by atoms with Gasteiger partial charge in [-0.1, -0.05) is 0 Å². The molecule has 0 aromatic rings. The fraction of sp³-hybridized carbons (Fsp3) is 0.909. The Balaban J connectivity index is 1.83. The summed E-state index contributed by atoms with van der Waals surface area (Å²) < 4.78 is 23.0. The van der Waals surface area contributed by atoms with Crippen molar-refractivity contribution in [2.75, 3.05) is 18.1 Å².